The molecule has 0 aliphatic rings. The lowest BCUT2D eigenvalue weighted by Crippen LogP contribution is -2.22. The molecule has 0 unspecified atom stereocenters. The average molecular weight is 293 g/mol. The smallest absolute Gasteiger partial charge is 0.292 e. The van der Waals surface area contributed by atoms with E-state index in [-0.39, 0.29) is 11.6 Å². The fraction of sp³-hybridized carbons (Fsp3) is 0.533. The number of benzene rings is 1. The fourth-order valence-electron chi connectivity index (χ4n) is 2.06. The first-order valence-corrected chi connectivity index (χ1v) is 7.14. The third-order valence-corrected chi connectivity index (χ3v) is 3.58. The number of nitro groups is 1. The van der Waals surface area contributed by atoms with Gasteiger partial charge in [0.2, 0.25) is 0 Å². The van der Waals surface area contributed by atoms with Gasteiger partial charge in [-0.15, -0.1) is 0 Å². The highest BCUT2D eigenvalue weighted by atomic mass is 16.6. The molecular weight excluding hydrogens is 270 g/mol. The van der Waals surface area contributed by atoms with Gasteiger partial charge in [0.05, 0.1) is 4.92 Å². The molecule has 1 N–H and O–H groups in total. The lowest BCUT2D eigenvalue weighted by atomic mass is 10.0. The van der Waals surface area contributed by atoms with Crippen LogP contribution in [0.4, 0.5) is 11.4 Å². The van der Waals surface area contributed by atoms with Gasteiger partial charge in [-0.25, -0.2) is 0 Å². The molecule has 0 bridgehead atoms. The van der Waals surface area contributed by atoms with Gasteiger partial charge in [-0.1, -0.05) is 26.7 Å². The molecule has 1 rings (SSSR count). The van der Waals surface area contributed by atoms with Crippen LogP contribution in [0.3, 0.4) is 0 Å². The Morgan fingerprint density at radius 2 is 1.95 bits per heavy atom. The number of amides is 1. The van der Waals surface area contributed by atoms with Crippen LogP contribution in [0.1, 0.15) is 37.0 Å². The van der Waals surface area contributed by atoms with Crippen LogP contribution in [0.25, 0.3) is 0 Å². The van der Waals surface area contributed by atoms with Gasteiger partial charge in [0, 0.05) is 32.3 Å². The van der Waals surface area contributed by atoms with E-state index in [1.54, 1.807) is 20.2 Å². The number of nitrogens with one attached hydrogen (secondary N) is 1. The second kappa shape index (κ2) is 7.61. The molecule has 0 aliphatic heterocycles. The molecule has 0 fully saturated rings. The van der Waals surface area contributed by atoms with E-state index in [0.29, 0.717) is 23.7 Å². The van der Waals surface area contributed by atoms with Gasteiger partial charge in [-0.05, 0) is 18.1 Å². The number of nitrogens with zero attached hydrogens (tertiary/aromatic N) is 2. The Hall–Kier alpha value is -2.11. The minimum Gasteiger partial charge on any atom is -0.379 e. The van der Waals surface area contributed by atoms with E-state index in [0.717, 1.165) is 12.8 Å². The van der Waals surface area contributed by atoms with Crippen molar-refractivity contribution >= 4 is 17.3 Å². The standard InChI is InChI=1S/C15H23N3O3/c1-5-11(6-2)10-16-13-9-12(15(19)17(3)4)7-8-14(13)18(20)21/h7-9,11,16H,5-6,10H2,1-4H3. The van der Waals surface area contributed by atoms with Crippen molar-refractivity contribution in [2.24, 2.45) is 5.92 Å². The first-order chi connectivity index (χ1) is 9.90. The quantitative estimate of drug-likeness (QED) is 0.619. The van der Waals surface area contributed by atoms with E-state index in [1.807, 2.05) is 0 Å². The zero-order chi connectivity index (χ0) is 16.0. The summed E-state index contributed by atoms with van der Waals surface area (Å²) in [6.45, 7) is 4.85. The summed E-state index contributed by atoms with van der Waals surface area (Å²) < 4.78 is 0. The van der Waals surface area contributed by atoms with Crippen LogP contribution in [-0.4, -0.2) is 36.4 Å². The molecule has 0 saturated heterocycles. The number of carbonyl (C=O) groups is 1. The molecule has 6 nitrogen and oxygen atoms in total. The molecule has 1 aromatic carbocycles. The highest BCUT2D eigenvalue weighted by Crippen LogP contribution is 2.26. The molecule has 116 valence electrons. The van der Waals surface area contributed by atoms with Gasteiger partial charge in [0.1, 0.15) is 5.69 Å². The third kappa shape index (κ3) is 4.44. The number of hydrogen-bond donors (Lipinski definition) is 1. The van der Waals surface area contributed by atoms with Crippen molar-refractivity contribution < 1.29 is 9.72 Å². The van der Waals surface area contributed by atoms with Crippen LogP contribution in [0.15, 0.2) is 18.2 Å². The van der Waals surface area contributed by atoms with Gasteiger partial charge in [0.15, 0.2) is 0 Å². The minimum atomic E-state index is -0.431. The van der Waals surface area contributed by atoms with Gasteiger partial charge in [-0.2, -0.15) is 0 Å². The summed E-state index contributed by atoms with van der Waals surface area (Å²) in [5, 5.41) is 14.2. The summed E-state index contributed by atoms with van der Waals surface area (Å²) in [7, 11) is 3.31. The topological polar surface area (TPSA) is 75.5 Å². The molecule has 21 heavy (non-hydrogen) atoms. The van der Waals surface area contributed by atoms with Crippen LogP contribution in [0.5, 0.6) is 0 Å². The summed E-state index contributed by atoms with van der Waals surface area (Å²) in [5.74, 6) is 0.285. The highest BCUT2D eigenvalue weighted by molar-refractivity contribution is 5.95. The van der Waals surface area contributed by atoms with E-state index < -0.39 is 4.92 Å². The van der Waals surface area contributed by atoms with Crippen LogP contribution in [-0.2, 0) is 0 Å². The summed E-state index contributed by atoms with van der Waals surface area (Å²) in [6, 6.07) is 4.43. The van der Waals surface area contributed by atoms with Crippen molar-refractivity contribution in [2.75, 3.05) is 26.0 Å². The van der Waals surface area contributed by atoms with Crippen molar-refractivity contribution in [2.45, 2.75) is 26.7 Å². The van der Waals surface area contributed by atoms with E-state index in [4.69, 9.17) is 0 Å². The fourth-order valence-corrected chi connectivity index (χ4v) is 2.06. The van der Waals surface area contributed by atoms with Crippen molar-refractivity contribution in [1.82, 2.24) is 4.90 Å². The number of anilines is 1. The summed E-state index contributed by atoms with van der Waals surface area (Å²) in [5.41, 5.74) is 0.841. The first kappa shape index (κ1) is 16.9. The van der Waals surface area contributed by atoms with Crippen LogP contribution < -0.4 is 5.32 Å². The molecule has 0 spiro atoms. The lowest BCUT2D eigenvalue weighted by Gasteiger charge is -2.16. The van der Waals surface area contributed by atoms with Crippen LogP contribution >= 0.6 is 0 Å². The van der Waals surface area contributed by atoms with Gasteiger partial charge in [-0.3, -0.25) is 14.9 Å². The maximum atomic E-state index is 12.0. The second-order valence-electron chi connectivity index (χ2n) is 5.25. The molecule has 1 amide bonds. The molecular formula is C15H23N3O3. The van der Waals surface area contributed by atoms with Crippen molar-refractivity contribution in [3.05, 3.63) is 33.9 Å². The van der Waals surface area contributed by atoms with E-state index in [1.165, 1.54) is 17.0 Å². The summed E-state index contributed by atoms with van der Waals surface area (Å²) in [4.78, 5) is 24.1. The Bertz CT molecular complexity index is 511. The number of rotatable bonds is 7. The predicted octanol–water partition coefficient (Wildman–Crippen LogP) is 3.14. The van der Waals surface area contributed by atoms with Crippen LogP contribution in [0, 0.1) is 16.0 Å². The van der Waals surface area contributed by atoms with E-state index in [9.17, 15) is 14.9 Å². The molecule has 6 heteroatoms. The van der Waals surface area contributed by atoms with Gasteiger partial charge in [0.25, 0.3) is 11.6 Å². The zero-order valence-electron chi connectivity index (χ0n) is 13.0. The molecule has 1 aromatic rings. The van der Waals surface area contributed by atoms with Crippen molar-refractivity contribution in [3.63, 3.8) is 0 Å². The largest absolute Gasteiger partial charge is 0.379 e. The van der Waals surface area contributed by atoms with Crippen molar-refractivity contribution in [3.8, 4) is 0 Å². The molecule has 0 aromatic heterocycles. The molecule has 0 atom stereocenters. The third-order valence-electron chi connectivity index (χ3n) is 3.58. The summed E-state index contributed by atoms with van der Waals surface area (Å²) >= 11 is 0. The Morgan fingerprint density at radius 3 is 2.43 bits per heavy atom. The van der Waals surface area contributed by atoms with Crippen molar-refractivity contribution in [1.29, 1.82) is 0 Å². The maximum Gasteiger partial charge on any atom is 0.292 e. The normalized spacial score (nSPS) is 10.5. The maximum absolute atomic E-state index is 12.0. The van der Waals surface area contributed by atoms with E-state index >= 15 is 0 Å². The monoisotopic (exact) mass is 293 g/mol. The minimum absolute atomic E-state index is 0.00346. The number of carbonyl (C=O) groups excluding carboxylic acids is 1. The Labute approximate surface area is 125 Å². The van der Waals surface area contributed by atoms with Gasteiger partial charge < -0.3 is 10.2 Å². The molecule has 0 radical (unpaired) electrons. The molecule has 0 aliphatic carbocycles. The Kier molecular flexibility index (Phi) is 6.14. The highest BCUT2D eigenvalue weighted by Gasteiger charge is 2.18. The molecule has 0 saturated carbocycles. The average Bonchev–Trinajstić information content (AvgIpc) is 2.46. The van der Waals surface area contributed by atoms with Gasteiger partial charge >= 0.3 is 0 Å². The Balaban J connectivity index is 3.04. The Morgan fingerprint density at radius 1 is 1.33 bits per heavy atom. The summed E-state index contributed by atoms with van der Waals surface area (Å²) in [6.07, 6.45) is 2.02. The zero-order valence-corrected chi connectivity index (χ0v) is 13.0. The number of nitro benzene ring substituents is 1. The van der Waals surface area contributed by atoms with E-state index in [2.05, 4.69) is 19.2 Å². The van der Waals surface area contributed by atoms with Crippen LogP contribution in [0.2, 0.25) is 0 Å². The number of hydrogen-bond acceptors (Lipinski definition) is 4. The predicted molar refractivity (Wildman–Crippen MR) is 83.7 cm³/mol. The SMILES string of the molecule is CCC(CC)CNc1cc(C(=O)N(C)C)ccc1[N+](=O)[O-]. The first-order valence-electron chi connectivity index (χ1n) is 7.14. The lowest BCUT2D eigenvalue weighted by molar-refractivity contribution is -0.384. The molecule has 0 heterocycles. The second-order valence-corrected chi connectivity index (χ2v) is 5.25.